The standard InChI is InChI=1S/C13H19BrN2O2S.ClH/c1-10-5-6-12(14)13(8-10)19(17,18)16-7-3-2-4-11(16)9-15;/h5-6,8,11H,2-4,7,9,15H2,1H3;1H. The highest BCUT2D eigenvalue weighted by Crippen LogP contribution is 2.30. The molecule has 1 aliphatic rings. The van der Waals surface area contributed by atoms with Crippen LogP contribution in [0.2, 0.25) is 0 Å². The molecule has 0 bridgehead atoms. The fraction of sp³-hybridized carbons (Fsp3) is 0.538. The fourth-order valence-corrected chi connectivity index (χ4v) is 5.18. The third kappa shape index (κ3) is 3.54. The second-order valence-corrected chi connectivity index (χ2v) is 7.65. The summed E-state index contributed by atoms with van der Waals surface area (Å²) in [5, 5.41) is 0. The van der Waals surface area contributed by atoms with Crippen LogP contribution in [-0.4, -0.2) is 31.9 Å². The molecule has 1 heterocycles. The van der Waals surface area contributed by atoms with Gasteiger partial charge in [0.15, 0.2) is 0 Å². The van der Waals surface area contributed by atoms with Gasteiger partial charge in [0.1, 0.15) is 0 Å². The third-order valence-corrected chi connectivity index (χ3v) is 6.46. The van der Waals surface area contributed by atoms with Crippen LogP contribution in [0.25, 0.3) is 0 Å². The van der Waals surface area contributed by atoms with E-state index in [2.05, 4.69) is 15.9 Å². The van der Waals surface area contributed by atoms with Gasteiger partial charge in [0.2, 0.25) is 10.0 Å². The van der Waals surface area contributed by atoms with Crippen molar-refractivity contribution < 1.29 is 8.42 Å². The number of hydrogen-bond donors (Lipinski definition) is 1. The Hall–Kier alpha value is -0.140. The molecule has 0 aromatic heterocycles. The Labute approximate surface area is 135 Å². The zero-order valence-corrected chi connectivity index (χ0v) is 14.6. The molecule has 2 N–H and O–H groups in total. The molecule has 1 unspecified atom stereocenters. The quantitative estimate of drug-likeness (QED) is 0.873. The Morgan fingerprint density at radius 3 is 2.75 bits per heavy atom. The van der Waals surface area contributed by atoms with Gasteiger partial charge >= 0.3 is 0 Å². The maximum Gasteiger partial charge on any atom is 0.244 e. The summed E-state index contributed by atoms with van der Waals surface area (Å²) in [4.78, 5) is 0.341. The van der Waals surface area contributed by atoms with Crippen molar-refractivity contribution >= 4 is 38.4 Å². The van der Waals surface area contributed by atoms with Gasteiger partial charge in [0.25, 0.3) is 0 Å². The third-order valence-electron chi connectivity index (χ3n) is 3.52. The predicted octanol–water partition coefficient (Wildman–Crippen LogP) is 2.68. The van der Waals surface area contributed by atoms with E-state index in [9.17, 15) is 8.42 Å². The molecule has 1 aliphatic heterocycles. The average Bonchev–Trinajstić information content (AvgIpc) is 2.41. The lowest BCUT2D eigenvalue weighted by Crippen LogP contribution is -2.47. The highest BCUT2D eigenvalue weighted by molar-refractivity contribution is 9.10. The maximum absolute atomic E-state index is 12.8. The minimum absolute atomic E-state index is 0. The van der Waals surface area contributed by atoms with Crippen LogP contribution in [0.1, 0.15) is 24.8 Å². The highest BCUT2D eigenvalue weighted by Gasteiger charge is 2.33. The van der Waals surface area contributed by atoms with E-state index in [0.29, 0.717) is 22.5 Å². The second kappa shape index (κ2) is 7.22. The van der Waals surface area contributed by atoms with Crippen LogP contribution in [0.3, 0.4) is 0 Å². The number of nitrogens with two attached hydrogens (primary N) is 1. The molecular weight excluding hydrogens is 364 g/mol. The van der Waals surface area contributed by atoms with Crippen molar-refractivity contribution in [3.63, 3.8) is 0 Å². The Balaban J connectivity index is 0.00000200. The molecular formula is C13H20BrClN2O2S. The van der Waals surface area contributed by atoms with E-state index in [1.807, 2.05) is 13.0 Å². The molecule has 0 aliphatic carbocycles. The van der Waals surface area contributed by atoms with Crippen molar-refractivity contribution in [2.75, 3.05) is 13.1 Å². The van der Waals surface area contributed by atoms with Gasteiger partial charge in [-0.15, -0.1) is 12.4 Å². The molecule has 1 aromatic carbocycles. The minimum atomic E-state index is -3.47. The maximum atomic E-state index is 12.8. The number of aryl methyl sites for hydroxylation is 1. The topological polar surface area (TPSA) is 63.4 Å². The van der Waals surface area contributed by atoms with Gasteiger partial charge in [0.05, 0.1) is 4.90 Å². The van der Waals surface area contributed by atoms with E-state index in [4.69, 9.17) is 5.73 Å². The lowest BCUT2D eigenvalue weighted by Gasteiger charge is -2.34. The molecule has 1 aromatic rings. The van der Waals surface area contributed by atoms with Gasteiger partial charge in [-0.2, -0.15) is 4.31 Å². The van der Waals surface area contributed by atoms with E-state index in [-0.39, 0.29) is 18.4 Å². The van der Waals surface area contributed by atoms with E-state index in [0.717, 1.165) is 24.8 Å². The molecule has 1 fully saturated rings. The first kappa shape index (κ1) is 17.9. The van der Waals surface area contributed by atoms with E-state index < -0.39 is 10.0 Å². The van der Waals surface area contributed by atoms with E-state index in [1.165, 1.54) is 0 Å². The normalized spacial score (nSPS) is 20.4. The summed E-state index contributed by atoms with van der Waals surface area (Å²) in [6, 6.07) is 5.30. The number of rotatable bonds is 3. The SMILES string of the molecule is Cc1ccc(Br)c(S(=O)(=O)N2CCCCC2CN)c1.Cl. The largest absolute Gasteiger partial charge is 0.329 e. The van der Waals surface area contributed by atoms with Gasteiger partial charge in [0, 0.05) is 23.6 Å². The summed E-state index contributed by atoms with van der Waals surface area (Å²) in [6.07, 6.45) is 2.79. The monoisotopic (exact) mass is 382 g/mol. The van der Waals surface area contributed by atoms with E-state index >= 15 is 0 Å². The zero-order chi connectivity index (χ0) is 14.0. The Morgan fingerprint density at radius 1 is 1.40 bits per heavy atom. The van der Waals surface area contributed by atoms with Crippen LogP contribution in [0.5, 0.6) is 0 Å². The number of piperidine rings is 1. The van der Waals surface area contributed by atoms with E-state index in [1.54, 1.807) is 16.4 Å². The molecule has 4 nitrogen and oxygen atoms in total. The lowest BCUT2D eigenvalue weighted by atomic mass is 10.1. The van der Waals surface area contributed by atoms with Gasteiger partial charge in [-0.3, -0.25) is 0 Å². The molecule has 2 rings (SSSR count). The first-order valence-corrected chi connectivity index (χ1v) is 8.68. The summed E-state index contributed by atoms with van der Waals surface area (Å²) < 4.78 is 27.7. The number of benzene rings is 1. The van der Waals surface area contributed by atoms with Crippen molar-refractivity contribution in [3.05, 3.63) is 28.2 Å². The molecule has 0 saturated carbocycles. The Morgan fingerprint density at radius 2 is 2.10 bits per heavy atom. The van der Waals surface area contributed by atoms with Crippen LogP contribution >= 0.6 is 28.3 Å². The molecule has 114 valence electrons. The van der Waals surface area contributed by atoms with Crippen molar-refractivity contribution in [3.8, 4) is 0 Å². The van der Waals surface area contributed by atoms with Crippen molar-refractivity contribution in [1.29, 1.82) is 0 Å². The molecule has 7 heteroatoms. The Kier molecular flexibility index (Phi) is 6.47. The van der Waals surface area contributed by atoms with Crippen LogP contribution in [0.4, 0.5) is 0 Å². The molecule has 0 radical (unpaired) electrons. The molecule has 1 saturated heterocycles. The summed E-state index contributed by atoms with van der Waals surface area (Å²) in [5.41, 5.74) is 6.65. The summed E-state index contributed by atoms with van der Waals surface area (Å²) in [6.45, 7) is 2.83. The molecule has 20 heavy (non-hydrogen) atoms. The smallest absolute Gasteiger partial charge is 0.244 e. The van der Waals surface area contributed by atoms with Gasteiger partial charge in [-0.25, -0.2) is 8.42 Å². The summed E-state index contributed by atoms with van der Waals surface area (Å²) in [5.74, 6) is 0. The molecule has 1 atom stereocenters. The van der Waals surface area contributed by atoms with Crippen molar-refractivity contribution in [2.24, 2.45) is 5.73 Å². The van der Waals surface area contributed by atoms with Crippen molar-refractivity contribution in [2.45, 2.75) is 37.1 Å². The fourth-order valence-electron chi connectivity index (χ4n) is 2.46. The number of halogens is 2. The summed E-state index contributed by atoms with van der Waals surface area (Å²) >= 11 is 3.34. The zero-order valence-electron chi connectivity index (χ0n) is 11.4. The second-order valence-electron chi connectivity index (χ2n) is 4.93. The first-order valence-electron chi connectivity index (χ1n) is 6.45. The van der Waals surface area contributed by atoms with Crippen LogP contribution in [0.15, 0.2) is 27.6 Å². The summed E-state index contributed by atoms with van der Waals surface area (Å²) in [7, 11) is -3.47. The average molecular weight is 384 g/mol. The highest BCUT2D eigenvalue weighted by atomic mass is 79.9. The van der Waals surface area contributed by atoms with Crippen LogP contribution in [-0.2, 0) is 10.0 Å². The number of hydrogen-bond acceptors (Lipinski definition) is 3. The lowest BCUT2D eigenvalue weighted by molar-refractivity contribution is 0.257. The van der Waals surface area contributed by atoms with Crippen LogP contribution < -0.4 is 5.73 Å². The Bertz CT molecular complexity index is 565. The van der Waals surface area contributed by atoms with Gasteiger partial charge in [-0.05, 0) is 53.4 Å². The number of nitrogens with zero attached hydrogens (tertiary/aromatic N) is 1. The van der Waals surface area contributed by atoms with Crippen molar-refractivity contribution in [1.82, 2.24) is 4.31 Å². The first-order chi connectivity index (χ1) is 8.96. The molecule has 0 amide bonds. The number of sulfonamides is 1. The predicted molar refractivity (Wildman–Crippen MR) is 86.7 cm³/mol. The minimum Gasteiger partial charge on any atom is -0.329 e. The van der Waals surface area contributed by atoms with Gasteiger partial charge < -0.3 is 5.73 Å². The van der Waals surface area contributed by atoms with Crippen LogP contribution in [0, 0.1) is 6.92 Å². The molecule has 0 spiro atoms. The van der Waals surface area contributed by atoms with Gasteiger partial charge in [-0.1, -0.05) is 12.5 Å².